The molecule has 1 rings (SSSR count). The number of hydrogen-bond acceptors (Lipinski definition) is 3. The summed E-state index contributed by atoms with van der Waals surface area (Å²) in [7, 11) is 0. The highest BCUT2D eigenvalue weighted by Crippen LogP contribution is 2.27. The molecule has 1 aromatic heterocycles. The number of rotatable bonds is 2. The summed E-state index contributed by atoms with van der Waals surface area (Å²) in [5, 5.41) is 0. The summed E-state index contributed by atoms with van der Waals surface area (Å²) in [4.78, 5) is 3.79. The molecular formula is C8H11F2N3. The van der Waals surface area contributed by atoms with Crippen LogP contribution in [0.25, 0.3) is 0 Å². The van der Waals surface area contributed by atoms with Crippen molar-refractivity contribution in [1.29, 1.82) is 0 Å². The molecule has 0 spiro atoms. The van der Waals surface area contributed by atoms with Gasteiger partial charge in [0, 0.05) is 29.7 Å². The highest BCUT2D eigenvalue weighted by molar-refractivity contribution is 5.54. The molecule has 0 aromatic carbocycles. The molecule has 0 saturated heterocycles. The zero-order valence-electron chi connectivity index (χ0n) is 7.22. The molecule has 5 heteroatoms. The molecule has 0 fully saturated rings. The van der Waals surface area contributed by atoms with Crippen molar-refractivity contribution in [2.24, 2.45) is 5.73 Å². The molecule has 0 atom stereocenters. The maximum absolute atomic E-state index is 12.3. The van der Waals surface area contributed by atoms with Crippen molar-refractivity contribution in [2.45, 2.75) is 19.9 Å². The van der Waals surface area contributed by atoms with Crippen LogP contribution in [-0.4, -0.2) is 4.98 Å². The topological polar surface area (TPSA) is 64.9 Å². The van der Waals surface area contributed by atoms with Gasteiger partial charge in [-0.25, -0.2) is 8.78 Å². The Labute approximate surface area is 74.8 Å². The zero-order chi connectivity index (χ0) is 10.0. The maximum Gasteiger partial charge on any atom is 0.267 e. The Kier molecular flexibility index (Phi) is 2.77. The van der Waals surface area contributed by atoms with Gasteiger partial charge in [-0.15, -0.1) is 0 Å². The van der Waals surface area contributed by atoms with E-state index in [1.54, 1.807) is 6.92 Å². The van der Waals surface area contributed by atoms with E-state index in [9.17, 15) is 8.78 Å². The van der Waals surface area contributed by atoms with Crippen LogP contribution in [0.1, 0.15) is 23.2 Å². The molecule has 72 valence electrons. The minimum absolute atomic E-state index is 0.0602. The lowest BCUT2D eigenvalue weighted by atomic mass is 10.1. The van der Waals surface area contributed by atoms with Gasteiger partial charge in [0.1, 0.15) is 0 Å². The number of anilines is 1. The number of alkyl halides is 2. The van der Waals surface area contributed by atoms with Crippen LogP contribution in [-0.2, 0) is 6.54 Å². The first-order chi connectivity index (χ1) is 6.07. The van der Waals surface area contributed by atoms with Crippen LogP contribution in [0.15, 0.2) is 6.20 Å². The normalized spacial score (nSPS) is 10.8. The molecule has 0 aliphatic rings. The number of aryl methyl sites for hydroxylation is 1. The van der Waals surface area contributed by atoms with Crippen molar-refractivity contribution >= 4 is 5.69 Å². The van der Waals surface area contributed by atoms with E-state index >= 15 is 0 Å². The molecule has 0 amide bonds. The largest absolute Gasteiger partial charge is 0.398 e. The zero-order valence-corrected chi connectivity index (χ0v) is 7.22. The Balaban J connectivity index is 3.27. The molecule has 1 heterocycles. The lowest BCUT2D eigenvalue weighted by molar-refractivity contribution is 0.151. The highest BCUT2D eigenvalue weighted by Gasteiger charge is 2.15. The van der Waals surface area contributed by atoms with Crippen molar-refractivity contribution in [3.05, 3.63) is 23.0 Å². The summed E-state index contributed by atoms with van der Waals surface area (Å²) < 4.78 is 24.6. The van der Waals surface area contributed by atoms with Crippen LogP contribution in [0.2, 0.25) is 0 Å². The highest BCUT2D eigenvalue weighted by atomic mass is 19.3. The fourth-order valence-electron chi connectivity index (χ4n) is 1.11. The second-order valence-corrected chi connectivity index (χ2v) is 2.70. The van der Waals surface area contributed by atoms with Crippen LogP contribution in [0.4, 0.5) is 14.5 Å². The van der Waals surface area contributed by atoms with E-state index in [0.29, 0.717) is 11.3 Å². The molecule has 1 aromatic rings. The fourth-order valence-corrected chi connectivity index (χ4v) is 1.11. The van der Waals surface area contributed by atoms with Crippen molar-refractivity contribution < 1.29 is 8.78 Å². The second-order valence-electron chi connectivity index (χ2n) is 2.70. The Bertz CT molecular complexity index is 313. The van der Waals surface area contributed by atoms with Crippen LogP contribution < -0.4 is 11.5 Å². The molecular weight excluding hydrogens is 176 g/mol. The minimum atomic E-state index is -2.60. The maximum atomic E-state index is 12.3. The summed E-state index contributed by atoms with van der Waals surface area (Å²) >= 11 is 0. The van der Waals surface area contributed by atoms with Gasteiger partial charge in [-0.2, -0.15) is 0 Å². The number of pyridine rings is 1. The number of halogens is 2. The Morgan fingerprint density at radius 2 is 2.15 bits per heavy atom. The molecule has 0 saturated carbocycles. The molecule has 0 bridgehead atoms. The molecule has 13 heavy (non-hydrogen) atoms. The second kappa shape index (κ2) is 3.66. The first-order valence-electron chi connectivity index (χ1n) is 3.80. The molecule has 0 aliphatic carbocycles. The first-order valence-corrected chi connectivity index (χ1v) is 3.80. The lowest BCUT2D eigenvalue weighted by Gasteiger charge is -2.10. The van der Waals surface area contributed by atoms with Crippen LogP contribution in [0, 0.1) is 6.92 Å². The SMILES string of the molecule is Cc1ncc(C(F)F)c(N)c1CN. The third-order valence-corrected chi connectivity index (χ3v) is 1.91. The van der Waals surface area contributed by atoms with Gasteiger partial charge in [0.2, 0.25) is 0 Å². The van der Waals surface area contributed by atoms with Gasteiger partial charge in [-0.3, -0.25) is 4.98 Å². The minimum Gasteiger partial charge on any atom is -0.398 e. The summed E-state index contributed by atoms with van der Waals surface area (Å²) in [5.74, 6) is 0. The number of aromatic nitrogens is 1. The lowest BCUT2D eigenvalue weighted by Crippen LogP contribution is -2.08. The average molecular weight is 187 g/mol. The van der Waals surface area contributed by atoms with Gasteiger partial charge in [-0.05, 0) is 6.92 Å². The number of nitrogens with two attached hydrogens (primary N) is 2. The predicted octanol–water partition coefficient (Wildman–Crippen LogP) is 1.37. The quantitative estimate of drug-likeness (QED) is 0.734. The van der Waals surface area contributed by atoms with Crippen molar-refractivity contribution in [3.8, 4) is 0 Å². The van der Waals surface area contributed by atoms with Gasteiger partial charge in [0.05, 0.1) is 5.56 Å². The Hall–Kier alpha value is -1.23. The van der Waals surface area contributed by atoms with Gasteiger partial charge >= 0.3 is 0 Å². The van der Waals surface area contributed by atoms with Gasteiger partial charge in [-0.1, -0.05) is 0 Å². The van der Waals surface area contributed by atoms with Gasteiger partial charge in [0.15, 0.2) is 0 Å². The van der Waals surface area contributed by atoms with Crippen molar-refractivity contribution in [1.82, 2.24) is 4.98 Å². The van der Waals surface area contributed by atoms with Gasteiger partial charge < -0.3 is 11.5 Å². The molecule has 0 radical (unpaired) electrons. The van der Waals surface area contributed by atoms with E-state index in [1.165, 1.54) is 0 Å². The number of nitrogens with zero attached hydrogens (tertiary/aromatic N) is 1. The molecule has 0 unspecified atom stereocenters. The third kappa shape index (κ3) is 1.75. The standard InChI is InChI=1S/C8H11F2N3/c1-4-5(2-11)7(12)6(3-13-4)8(9)10/h3,8H,2,11H2,1H3,(H2,12,13). The monoisotopic (exact) mass is 187 g/mol. The summed E-state index contributed by atoms with van der Waals surface area (Å²) in [6.07, 6.45) is -1.51. The Morgan fingerprint density at radius 3 is 2.62 bits per heavy atom. The molecule has 4 N–H and O–H groups in total. The number of nitrogen functional groups attached to an aromatic ring is 1. The summed E-state index contributed by atoms with van der Waals surface area (Å²) in [6, 6.07) is 0. The fraction of sp³-hybridized carbons (Fsp3) is 0.375. The van der Waals surface area contributed by atoms with E-state index in [4.69, 9.17) is 11.5 Å². The summed E-state index contributed by atoms with van der Waals surface area (Å²) in [5.41, 5.74) is 11.8. The summed E-state index contributed by atoms with van der Waals surface area (Å²) in [6.45, 7) is 1.82. The van der Waals surface area contributed by atoms with Crippen LogP contribution >= 0.6 is 0 Å². The van der Waals surface area contributed by atoms with E-state index in [1.807, 2.05) is 0 Å². The predicted molar refractivity (Wildman–Crippen MR) is 46.2 cm³/mol. The van der Waals surface area contributed by atoms with Crippen LogP contribution in [0.5, 0.6) is 0 Å². The van der Waals surface area contributed by atoms with Crippen molar-refractivity contribution in [2.75, 3.05) is 5.73 Å². The van der Waals surface area contributed by atoms with Crippen molar-refractivity contribution in [3.63, 3.8) is 0 Å². The average Bonchev–Trinajstić information content (AvgIpc) is 2.04. The number of hydrogen-bond donors (Lipinski definition) is 2. The smallest absolute Gasteiger partial charge is 0.267 e. The van der Waals surface area contributed by atoms with E-state index in [0.717, 1.165) is 6.20 Å². The van der Waals surface area contributed by atoms with E-state index < -0.39 is 6.43 Å². The van der Waals surface area contributed by atoms with E-state index in [-0.39, 0.29) is 17.8 Å². The van der Waals surface area contributed by atoms with E-state index in [2.05, 4.69) is 4.98 Å². The first kappa shape index (κ1) is 9.85. The van der Waals surface area contributed by atoms with Gasteiger partial charge in [0.25, 0.3) is 6.43 Å². The third-order valence-electron chi connectivity index (χ3n) is 1.91. The van der Waals surface area contributed by atoms with Crippen LogP contribution in [0.3, 0.4) is 0 Å². The molecule has 0 aliphatic heterocycles. The molecule has 3 nitrogen and oxygen atoms in total. The Morgan fingerprint density at radius 1 is 1.54 bits per heavy atom.